The lowest BCUT2D eigenvalue weighted by Gasteiger charge is -2.12. The van der Waals surface area contributed by atoms with Crippen molar-refractivity contribution in [2.24, 2.45) is 0 Å². The summed E-state index contributed by atoms with van der Waals surface area (Å²) in [6, 6.07) is 24.7. The zero-order valence-corrected chi connectivity index (χ0v) is 20.9. The van der Waals surface area contributed by atoms with Crippen molar-refractivity contribution in [2.45, 2.75) is 6.61 Å². The Morgan fingerprint density at radius 1 is 1.11 bits per heavy atom. The van der Waals surface area contributed by atoms with Crippen LogP contribution in [0.4, 0.5) is 11.4 Å². The van der Waals surface area contributed by atoms with E-state index in [0.29, 0.717) is 11.3 Å². The highest BCUT2D eigenvalue weighted by Crippen LogP contribution is 2.30. The molecule has 0 saturated carbocycles. The topological polar surface area (TPSA) is 105 Å². The molecule has 4 aromatic rings. The van der Waals surface area contributed by atoms with E-state index in [9.17, 15) is 20.2 Å². The molecule has 9 heteroatoms. The van der Waals surface area contributed by atoms with Gasteiger partial charge in [-0.3, -0.25) is 14.9 Å². The summed E-state index contributed by atoms with van der Waals surface area (Å²) in [5.41, 5.74) is 1.05. The number of nitro groups is 1. The summed E-state index contributed by atoms with van der Waals surface area (Å²) in [4.78, 5) is 23.3. The summed E-state index contributed by atoms with van der Waals surface area (Å²) in [5.74, 6) is -0.292. The number of rotatable bonds is 7. The van der Waals surface area contributed by atoms with Crippen LogP contribution in [0, 0.1) is 21.4 Å². The minimum Gasteiger partial charge on any atom is -0.488 e. The molecule has 0 radical (unpaired) electrons. The van der Waals surface area contributed by atoms with Crippen LogP contribution in [-0.4, -0.2) is 10.8 Å². The molecular weight excluding hydrogens is 546 g/mol. The third kappa shape index (κ3) is 5.71. The molecule has 0 spiro atoms. The average Bonchev–Trinajstić information content (AvgIpc) is 2.87. The summed E-state index contributed by atoms with van der Waals surface area (Å²) in [6.45, 7) is 0.279. The highest BCUT2D eigenvalue weighted by molar-refractivity contribution is 9.10. The second-order valence-corrected chi connectivity index (χ2v) is 8.98. The van der Waals surface area contributed by atoms with E-state index >= 15 is 0 Å². The Hall–Kier alpha value is -4.19. The Labute approximate surface area is 219 Å². The number of ether oxygens (including phenoxy) is 1. The van der Waals surface area contributed by atoms with Crippen LogP contribution in [0.5, 0.6) is 5.75 Å². The zero-order valence-electron chi connectivity index (χ0n) is 18.6. The van der Waals surface area contributed by atoms with Crippen molar-refractivity contribution in [3.05, 3.63) is 115 Å². The van der Waals surface area contributed by atoms with Crippen LogP contribution in [0.15, 0.2) is 88.9 Å². The molecule has 36 heavy (non-hydrogen) atoms. The van der Waals surface area contributed by atoms with E-state index in [4.69, 9.17) is 16.3 Å². The number of carbonyl (C=O) groups is 1. The summed E-state index contributed by atoms with van der Waals surface area (Å²) >= 11 is 9.48. The molecule has 0 aliphatic carbocycles. The predicted octanol–water partition coefficient (Wildman–Crippen LogP) is 7.29. The van der Waals surface area contributed by atoms with E-state index in [0.717, 1.165) is 26.9 Å². The smallest absolute Gasteiger partial charge is 0.271 e. The van der Waals surface area contributed by atoms with Crippen molar-refractivity contribution >= 4 is 61.7 Å². The Balaban J connectivity index is 1.61. The largest absolute Gasteiger partial charge is 0.488 e. The number of benzene rings is 4. The maximum absolute atomic E-state index is 12.8. The van der Waals surface area contributed by atoms with Gasteiger partial charge >= 0.3 is 0 Å². The molecule has 0 unspecified atom stereocenters. The van der Waals surface area contributed by atoms with Crippen LogP contribution in [-0.2, 0) is 11.4 Å². The minimum absolute atomic E-state index is 0.0266. The number of nitrogens with one attached hydrogen (secondary N) is 1. The molecule has 0 saturated heterocycles. The summed E-state index contributed by atoms with van der Waals surface area (Å²) < 4.78 is 6.82. The van der Waals surface area contributed by atoms with E-state index in [1.54, 1.807) is 18.2 Å². The van der Waals surface area contributed by atoms with Gasteiger partial charge in [-0.1, -0.05) is 70.0 Å². The monoisotopic (exact) mass is 561 g/mol. The van der Waals surface area contributed by atoms with Gasteiger partial charge in [0.25, 0.3) is 11.6 Å². The lowest BCUT2D eigenvalue weighted by molar-refractivity contribution is -0.384. The van der Waals surface area contributed by atoms with Gasteiger partial charge in [0.1, 0.15) is 24.0 Å². The molecule has 1 N–H and O–H groups in total. The van der Waals surface area contributed by atoms with Crippen molar-refractivity contribution < 1.29 is 14.5 Å². The van der Waals surface area contributed by atoms with E-state index in [1.165, 1.54) is 18.2 Å². The lowest BCUT2D eigenvalue weighted by atomic mass is 10.1. The Morgan fingerprint density at radius 2 is 1.89 bits per heavy atom. The van der Waals surface area contributed by atoms with E-state index in [2.05, 4.69) is 21.2 Å². The molecule has 4 aromatic carbocycles. The van der Waals surface area contributed by atoms with Crippen molar-refractivity contribution in [3.8, 4) is 11.8 Å². The van der Waals surface area contributed by atoms with E-state index < -0.39 is 10.8 Å². The molecule has 0 bridgehead atoms. The van der Waals surface area contributed by atoms with Crippen molar-refractivity contribution in [3.63, 3.8) is 0 Å². The number of nitriles is 1. The highest BCUT2D eigenvalue weighted by Gasteiger charge is 2.16. The van der Waals surface area contributed by atoms with Gasteiger partial charge in [0.05, 0.1) is 15.6 Å². The van der Waals surface area contributed by atoms with Crippen molar-refractivity contribution in [2.75, 3.05) is 5.32 Å². The molecule has 4 rings (SSSR count). The number of fused-ring (bicyclic) bond motifs is 1. The van der Waals surface area contributed by atoms with Crippen LogP contribution >= 0.6 is 27.5 Å². The number of carbonyl (C=O) groups excluding carboxylic acids is 1. The minimum atomic E-state index is -0.764. The van der Waals surface area contributed by atoms with Crippen LogP contribution < -0.4 is 10.1 Å². The summed E-state index contributed by atoms with van der Waals surface area (Å²) in [5, 5.41) is 25.5. The molecule has 0 aliphatic heterocycles. The summed E-state index contributed by atoms with van der Waals surface area (Å²) in [6.07, 6.45) is 1.39. The molecule has 0 aliphatic rings. The third-order valence-corrected chi connectivity index (χ3v) is 6.13. The van der Waals surface area contributed by atoms with Crippen LogP contribution in [0.25, 0.3) is 16.8 Å². The quantitative estimate of drug-likeness (QED) is 0.110. The first-order valence-electron chi connectivity index (χ1n) is 10.6. The zero-order chi connectivity index (χ0) is 25.7. The maximum Gasteiger partial charge on any atom is 0.271 e. The Morgan fingerprint density at radius 3 is 2.67 bits per heavy atom. The van der Waals surface area contributed by atoms with Gasteiger partial charge in [-0.25, -0.2) is 0 Å². The number of hydrogen-bond acceptors (Lipinski definition) is 5. The fourth-order valence-corrected chi connectivity index (χ4v) is 4.10. The molecule has 178 valence electrons. The Kier molecular flexibility index (Phi) is 7.64. The first-order valence-corrected chi connectivity index (χ1v) is 11.8. The standard InChI is InChI=1S/C27H17BrClN3O4/c28-21-8-11-26(36-16-18-6-3-5-17-4-1-2-7-23(17)18)19(13-21)12-20(15-30)27(33)31-25-14-22(32(34)35)9-10-24(25)29/h1-14H,16H2,(H,31,33)/b20-12+. The number of anilines is 1. The second-order valence-electron chi connectivity index (χ2n) is 7.65. The van der Waals surface area contributed by atoms with Crippen molar-refractivity contribution in [1.29, 1.82) is 5.26 Å². The Bertz CT molecular complexity index is 1560. The summed E-state index contributed by atoms with van der Waals surface area (Å²) in [7, 11) is 0. The molecule has 0 aromatic heterocycles. The number of halogens is 2. The number of nitrogens with zero attached hydrogens (tertiary/aromatic N) is 2. The van der Waals surface area contributed by atoms with Crippen LogP contribution in [0.2, 0.25) is 5.02 Å². The first-order chi connectivity index (χ1) is 17.4. The SMILES string of the molecule is N#C/C(=C\c1cc(Br)ccc1OCc1cccc2ccccc12)C(=O)Nc1cc([N+](=O)[O-])ccc1Cl. The van der Waals surface area contributed by atoms with E-state index in [1.807, 2.05) is 48.5 Å². The fourth-order valence-electron chi connectivity index (χ4n) is 3.55. The van der Waals surface area contributed by atoms with Gasteiger partial charge in [-0.2, -0.15) is 5.26 Å². The number of amides is 1. The third-order valence-electron chi connectivity index (χ3n) is 5.31. The first kappa shape index (κ1) is 24.9. The molecule has 7 nitrogen and oxygen atoms in total. The molecule has 0 atom stereocenters. The molecule has 1 amide bonds. The van der Waals surface area contributed by atoms with Crippen molar-refractivity contribution in [1.82, 2.24) is 0 Å². The number of hydrogen-bond donors (Lipinski definition) is 1. The lowest BCUT2D eigenvalue weighted by Crippen LogP contribution is -2.14. The predicted molar refractivity (Wildman–Crippen MR) is 143 cm³/mol. The normalized spacial score (nSPS) is 11.1. The number of nitro benzene ring substituents is 1. The van der Waals surface area contributed by atoms with Gasteiger partial charge in [0, 0.05) is 22.2 Å². The van der Waals surface area contributed by atoms with E-state index in [-0.39, 0.29) is 28.6 Å². The van der Waals surface area contributed by atoms with Gasteiger partial charge in [0.2, 0.25) is 0 Å². The number of non-ortho nitro benzene ring substituents is 1. The van der Waals surface area contributed by atoms with Gasteiger partial charge in [-0.15, -0.1) is 0 Å². The maximum atomic E-state index is 12.8. The highest BCUT2D eigenvalue weighted by atomic mass is 79.9. The van der Waals surface area contributed by atoms with Crippen LogP contribution in [0.3, 0.4) is 0 Å². The van der Waals surface area contributed by atoms with Gasteiger partial charge < -0.3 is 10.1 Å². The second kappa shape index (κ2) is 11.0. The molecule has 0 fully saturated rings. The van der Waals surface area contributed by atoms with Crippen LogP contribution in [0.1, 0.15) is 11.1 Å². The van der Waals surface area contributed by atoms with Gasteiger partial charge in [0.15, 0.2) is 0 Å². The van der Waals surface area contributed by atoms with Gasteiger partial charge in [-0.05, 0) is 46.7 Å². The average molecular weight is 563 g/mol. The molecular formula is C27H17BrClN3O4. The fraction of sp³-hybridized carbons (Fsp3) is 0.0370. The molecule has 0 heterocycles.